The monoisotopic (exact) mass is 294 g/mol. The zero-order valence-corrected chi connectivity index (χ0v) is 12.4. The Morgan fingerprint density at radius 1 is 1.33 bits per heavy atom. The zero-order chi connectivity index (χ0) is 15.4. The molecule has 0 amide bonds. The van der Waals surface area contributed by atoms with Crippen LogP contribution in [0.25, 0.3) is 5.95 Å². The number of Topliss-reactive ketones (excluding diaryl/α,β-unsaturated/α-hetero) is 1. The molecule has 1 unspecified atom stereocenters. The molecule has 2 heterocycles. The summed E-state index contributed by atoms with van der Waals surface area (Å²) in [6.45, 7) is 5.10. The van der Waals surface area contributed by atoms with Gasteiger partial charge in [-0.2, -0.15) is 0 Å². The molecular formula is C14H22N4O3+2. The average Bonchev–Trinajstić information content (AvgIpc) is 3.11. The van der Waals surface area contributed by atoms with E-state index in [2.05, 4.69) is 4.98 Å². The molecule has 0 spiro atoms. The molecule has 0 bridgehead atoms. The Labute approximate surface area is 123 Å². The quantitative estimate of drug-likeness (QED) is 0.596. The highest BCUT2D eigenvalue weighted by atomic mass is 16.3. The summed E-state index contributed by atoms with van der Waals surface area (Å²) in [7, 11) is 0. The summed E-state index contributed by atoms with van der Waals surface area (Å²) < 4.78 is 5.57. The maximum Gasteiger partial charge on any atom is 0.398 e. The largest absolute Gasteiger partial charge is 0.398 e. The van der Waals surface area contributed by atoms with E-state index < -0.39 is 11.9 Å². The van der Waals surface area contributed by atoms with E-state index in [0.717, 1.165) is 12.5 Å². The molecule has 0 fully saturated rings. The molecule has 114 valence electrons. The normalized spacial score (nSPS) is 12.6. The van der Waals surface area contributed by atoms with E-state index in [1.165, 1.54) is 0 Å². The third-order valence-electron chi connectivity index (χ3n) is 3.49. The highest BCUT2D eigenvalue weighted by molar-refractivity contribution is 5.83. The van der Waals surface area contributed by atoms with Crippen LogP contribution in [0, 0.1) is 0 Å². The number of hydrogen-bond donors (Lipinski definition) is 3. The third-order valence-corrected chi connectivity index (χ3v) is 3.49. The van der Waals surface area contributed by atoms with Crippen LogP contribution in [-0.4, -0.2) is 32.2 Å². The zero-order valence-electron chi connectivity index (χ0n) is 12.4. The van der Waals surface area contributed by atoms with Gasteiger partial charge in [0.1, 0.15) is 12.4 Å². The lowest BCUT2D eigenvalue weighted by Crippen LogP contribution is -2.42. The van der Waals surface area contributed by atoms with Gasteiger partial charge < -0.3 is 10.2 Å². The minimum absolute atomic E-state index is 0.0609. The molecule has 2 aromatic rings. The lowest BCUT2D eigenvalue weighted by Gasteiger charge is -2.08. The number of aromatic nitrogens is 4. The van der Waals surface area contributed by atoms with E-state index >= 15 is 0 Å². The third kappa shape index (κ3) is 2.88. The van der Waals surface area contributed by atoms with Crippen LogP contribution < -0.4 is 9.13 Å². The molecule has 0 aliphatic carbocycles. The lowest BCUT2D eigenvalue weighted by molar-refractivity contribution is -0.706. The second-order valence-corrected chi connectivity index (χ2v) is 4.72. The van der Waals surface area contributed by atoms with Crippen LogP contribution in [0.1, 0.15) is 32.2 Å². The number of aromatic amines is 1. The number of carbonyl (C=O) groups excluding carboxylic acids is 1. The van der Waals surface area contributed by atoms with Crippen molar-refractivity contribution in [2.75, 3.05) is 6.61 Å². The molecule has 1 atom stereocenters. The van der Waals surface area contributed by atoms with Gasteiger partial charge in [-0.1, -0.05) is 0 Å². The molecule has 0 aromatic carbocycles. The van der Waals surface area contributed by atoms with Gasteiger partial charge >= 0.3 is 11.8 Å². The minimum atomic E-state index is -1.26. The number of ketones is 1. The highest BCUT2D eigenvalue weighted by Crippen LogP contribution is 2.15. The first-order chi connectivity index (χ1) is 10.1. The predicted molar refractivity (Wildman–Crippen MR) is 73.5 cm³/mol. The van der Waals surface area contributed by atoms with Crippen molar-refractivity contribution in [3.8, 4) is 5.95 Å². The molecule has 0 saturated heterocycles. The molecule has 21 heavy (non-hydrogen) atoms. The highest BCUT2D eigenvalue weighted by Gasteiger charge is 2.33. The molecule has 2 rings (SSSR count). The molecule has 7 nitrogen and oxygen atoms in total. The van der Waals surface area contributed by atoms with Crippen LogP contribution in [0.15, 0.2) is 24.8 Å². The lowest BCUT2D eigenvalue weighted by atomic mass is 10.1. The van der Waals surface area contributed by atoms with Gasteiger partial charge in [0.25, 0.3) is 0 Å². The maximum atomic E-state index is 11.9. The average molecular weight is 294 g/mol. The Bertz CT molecular complexity index is 618. The minimum Gasteiger partial charge on any atom is -0.396 e. The summed E-state index contributed by atoms with van der Waals surface area (Å²) in [5.41, 5.74) is 0. The van der Waals surface area contributed by atoms with E-state index in [4.69, 9.17) is 5.11 Å². The van der Waals surface area contributed by atoms with Crippen LogP contribution >= 0.6 is 0 Å². The van der Waals surface area contributed by atoms with Gasteiger partial charge in [-0.05, 0) is 13.8 Å². The van der Waals surface area contributed by atoms with Gasteiger partial charge in [0.05, 0.1) is 32.1 Å². The Hall–Kier alpha value is -1.99. The van der Waals surface area contributed by atoms with Crippen molar-refractivity contribution in [1.29, 1.82) is 0 Å². The molecule has 0 aliphatic heterocycles. The first kappa shape index (κ1) is 15.4. The van der Waals surface area contributed by atoms with Crippen molar-refractivity contribution >= 4 is 5.78 Å². The van der Waals surface area contributed by atoms with Crippen molar-refractivity contribution < 1.29 is 24.1 Å². The number of aliphatic hydroxyl groups is 2. The number of aliphatic hydroxyl groups excluding tert-OH is 2. The number of imidazole rings is 2. The van der Waals surface area contributed by atoms with Gasteiger partial charge in [-0.25, -0.2) is 14.1 Å². The molecule has 0 radical (unpaired) electrons. The topological polar surface area (TPSA) is 86.0 Å². The second-order valence-electron chi connectivity index (χ2n) is 4.72. The molecule has 2 aromatic heterocycles. The van der Waals surface area contributed by atoms with Gasteiger partial charge in [-0.3, -0.25) is 4.79 Å². The molecule has 0 aliphatic rings. The van der Waals surface area contributed by atoms with Gasteiger partial charge in [0.2, 0.25) is 6.10 Å². The summed E-state index contributed by atoms with van der Waals surface area (Å²) in [4.78, 5) is 15.0. The van der Waals surface area contributed by atoms with Crippen molar-refractivity contribution in [3.63, 3.8) is 0 Å². The first-order valence-electron chi connectivity index (χ1n) is 7.13. The first-order valence-corrected chi connectivity index (χ1v) is 7.13. The number of carbonyl (C=O) groups is 1. The van der Waals surface area contributed by atoms with Gasteiger partial charge in [0.15, 0.2) is 5.78 Å². The fourth-order valence-electron chi connectivity index (χ4n) is 2.38. The number of hydrogen-bond acceptors (Lipinski definition) is 3. The fourth-order valence-corrected chi connectivity index (χ4v) is 2.38. The fraction of sp³-hybridized carbons (Fsp3) is 0.500. The van der Waals surface area contributed by atoms with E-state index in [-0.39, 0.29) is 13.0 Å². The molecule has 0 saturated carbocycles. The SMILES string of the molecule is CC[n+]1cc[nH]c1-n1cc[n+](CC)c1C(O)C(=O)CCO. The van der Waals surface area contributed by atoms with Crippen LogP contribution in [-0.2, 0) is 17.9 Å². The van der Waals surface area contributed by atoms with Crippen molar-refractivity contribution in [1.82, 2.24) is 9.55 Å². The second kappa shape index (κ2) is 6.64. The standard InChI is InChI=1S/C14H21N4O3/c1-3-16-8-9-18(14-15-6-7-17(14)4-2)13(16)12(21)11(20)5-10-19/h6-9,12,19,21H,3-5,10H2,1-2H3/q+1/p+1. The Morgan fingerprint density at radius 3 is 2.67 bits per heavy atom. The number of H-pyrrole nitrogens is 1. The maximum absolute atomic E-state index is 11.9. The Balaban J connectivity index is 2.49. The number of nitrogens with zero attached hydrogens (tertiary/aromatic N) is 3. The van der Waals surface area contributed by atoms with Crippen molar-refractivity contribution in [3.05, 3.63) is 30.6 Å². The number of aryl methyl sites for hydroxylation is 2. The van der Waals surface area contributed by atoms with Crippen molar-refractivity contribution in [2.24, 2.45) is 0 Å². The summed E-state index contributed by atoms with van der Waals surface area (Å²) in [5, 5.41) is 19.2. The van der Waals surface area contributed by atoms with Crippen LogP contribution in [0.2, 0.25) is 0 Å². The molecule has 3 N–H and O–H groups in total. The van der Waals surface area contributed by atoms with E-state index in [1.807, 2.05) is 41.6 Å². The summed E-state index contributed by atoms with van der Waals surface area (Å²) >= 11 is 0. The molecular weight excluding hydrogens is 272 g/mol. The van der Waals surface area contributed by atoms with E-state index in [9.17, 15) is 9.90 Å². The van der Waals surface area contributed by atoms with Crippen LogP contribution in [0.3, 0.4) is 0 Å². The van der Waals surface area contributed by atoms with Gasteiger partial charge in [-0.15, -0.1) is 4.57 Å². The summed E-state index contributed by atoms with van der Waals surface area (Å²) in [5.74, 6) is 0.866. The van der Waals surface area contributed by atoms with Crippen molar-refractivity contribution in [2.45, 2.75) is 39.5 Å². The Morgan fingerprint density at radius 2 is 2.05 bits per heavy atom. The predicted octanol–water partition coefficient (Wildman–Crippen LogP) is -0.595. The molecule has 7 heteroatoms. The summed E-state index contributed by atoms with van der Waals surface area (Å²) in [6, 6.07) is 0. The summed E-state index contributed by atoms with van der Waals surface area (Å²) in [6.07, 6.45) is 6.02. The van der Waals surface area contributed by atoms with Crippen LogP contribution in [0.5, 0.6) is 0 Å². The van der Waals surface area contributed by atoms with E-state index in [0.29, 0.717) is 12.4 Å². The number of rotatable bonds is 7. The smallest absolute Gasteiger partial charge is 0.396 e. The Kier molecular flexibility index (Phi) is 4.87. The van der Waals surface area contributed by atoms with Gasteiger partial charge in [0, 0.05) is 6.42 Å². The van der Waals surface area contributed by atoms with Crippen LogP contribution in [0.4, 0.5) is 0 Å². The van der Waals surface area contributed by atoms with E-state index in [1.54, 1.807) is 10.8 Å². The number of nitrogens with one attached hydrogen (secondary N) is 1.